The van der Waals surface area contributed by atoms with Crippen molar-refractivity contribution in [2.24, 2.45) is 5.92 Å². The Morgan fingerprint density at radius 2 is 1.76 bits per heavy atom. The number of nitrogens with zero attached hydrogens (tertiary/aromatic N) is 4. The minimum Gasteiger partial charge on any atom is -0.339 e. The molecule has 29 heavy (non-hydrogen) atoms. The third-order valence-corrected chi connectivity index (χ3v) is 5.89. The number of hydrogen-bond acceptors (Lipinski definition) is 5. The first-order valence-electron chi connectivity index (χ1n) is 10.4. The summed E-state index contributed by atoms with van der Waals surface area (Å²) in [5.74, 6) is 0.443. The van der Waals surface area contributed by atoms with E-state index in [0.29, 0.717) is 22.9 Å². The highest BCUT2D eigenvalue weighted by Gasteiger charge is 2.22. The Kier molecular flexibility index (Phi) is 5.89. The third kappa shape index (κ3) is 4.64. The lowest BCUT2D eigenvalue weighted by molar-refractivity contribution is 0.0697. The van der Waals surface area contributed by atoms with Crippen LogP contribution in [-0.2, 0) is 0 Å². The number of carbonyl (C=O) groups excluding carboxylic acids is 2. The number of benzene rings is 1. The summed E-state index contributed by atoms with van der Waals surface area (Å²) >= 11 is 0. The number of nitrogens with one attached hydrogen (secondary N) is 2. The second-order valence-corrected chi connectivity index (χ2v) is 8.07. The fourth-order valence-electron chi connectivity index (χ4n) is 3.92. The molecule has 0 unspecified atom stereocenters. The molecule has 8 nitrogen and oxygen atoms in total. The molecule has 0 aliphatic carbocycles. The monoisotopic (exact) mass is 396 g/mol. The molecular weight excluding hydrogens is 368 g/mol. The summed E-state index contributed by atoms with van der Waals surface area (Å²) < 4.78 is 1.79. The second kappa shape index (κ2) is 8.73. The molecular formula is C21H28N6O2. The highest BCUT2D eigenvalue weighted by Crippen LogP contribution is 2.20. The van der Waals surface area contributed by atoms with Crippen molar-refractivity contribution in [3.8, 4) is 0 Å². The molecule has 1 aromatic carbocycles. The number of anilines is 1. The average Bonchev–Trinajstić information content (AvgIpc) is 3.26. The summed E-state index contributed by atoms with van der Waals surface area (Å²) in [5.41, 5.74) is 1.58. The van der Waals surface area contributed by atoms with Crippen molar-refractivity contribution in [1.82, 2.24) is 25.2 Å². The van der Waals surface area contributed by atoms with E-state index in [2.05, 4.69) is 27.9 Å². The molecule has 154 valence electrons. The molecule has 2 fully saturated rings. The van der Waals surface area contributed by atoms with Gasteiger partial charge in [0.25, 0.3) is 11.8 Å². The molecule has 0 atom stereocenters. The minimum absolute atomic E-state index is 0.0553. The van der Waals surface area contributed by atoms with E-state index in [1.807, 2.05) is 4.90 Å². The maximum atomic E-state index is 12.6. The smallest absolute Gasteiger partial charge is 0.277 e. The van der Waals surface area contributed by atoms with Crippen LogP contribution in [0.3, 0.4) is 0 Å². The number of rotatable bonds is 4. The van der Waals surface area contributed by atoms with Crippen molar-refractivity contribution in [2.75, 3.05) is 31.5 Å². The quantitative estimate of drug-likeness (QED) is 0.828. The Labute approximate surface area is 170 Å². The first kappa shape index (κ1) is 19.6. The van der Waals surface area contributed by atoms with E-state index in [1.165, 1.54) is 0 Å². The van der Waals surface area contributed by atoms with Gasteiger partial charge in [0, 0.05) is 24.3 Å². The van der Waals surface area contributed by atoms with E-state index < -0.39 is 0 Å². The second-order valence-electron chi connectivity index (χ2n) is 8.07. The van der Waals surface area contributed by atoms with Gasteiger partial charge in [-0.2, -0.15) is 0 Å². The van der Waals surface area contributed by atoms with Gasteiger partial charge >= 0.3 is 0 Å². The highest BCUT2D eigenvalue weighted by molar-refractivity contribution is 6.03. The molecule has 4 rings (SSSR count). The summed E-state index contributed by atoms with van der Waals surface area (Å²) in [5, 5.41) is 14.3. The zero-order valence-electron chi connectivity index (χ0n) is 16.8. The van der Waals surface area contributed by atoms with Crippen molar-refractivity contribution in [3.05, 3.63) is 41.7 Å². The van der Waals surface area contributed by atoms with Crippen LogP contribution in [0.4, 0.5) is 5.69 Å². The molecule has 3 heterocycles. The van der Waals surface area contributed by atoms with Gasteiger partial charge in [0.05, 0.1) is 12.2 Å². The van der Waals surface area contributed by atoms with Gasteiger partial charge in [-0.05, 0) is 69.0 Å². The van der Waals surface area contributed by atoms with E-state index in [4.69, 9.17) is 0 Å². The lowest BCUT2D eigenvalue weighted by Crippen LogP contribution is -2.37. The predicted octanol–water partition coefficient (Wildman–Crippen LogP) is 2.33. The Morgan fingerprint density at radius 1 is 1.07 bits per heavy atom. The van der Waals surface area contributed by atoms with Crippen LogP contribution in [0.2, 0.25) is 0 Å². The molecule has 2 N–H and O–H groups in total. The van der Waals surface area contributed by atoms with Crippen LogP contribution in [0.15, 0.2) is 30.5 Å². The molecule has 0 saturated carbocycles. The lowest BCUT2D eigenvalue weighted by atomic mass is 9.98. The van der Waals surface area contributed by atoms with Crippen LogP contribution >= 0.6 is 0 Å². The van der Waals surface area contributed by atoms with Crippen molar-refractivity contribution in [2.45, 2.75) is 38.6 Å². The lowest BCUT2D eigenvalue weighted by Gasteiger charge is -2.30. The molecule has 2 amide bonds. The fraction of sp³-hybridized carbons (Fsp3) is 0.524. The first-order chi connectivity index (χ1) is 14.1. The summed E-state index contributed by atoms with van der Waals surface area (Å²) in [7, 11) is 0. The zero-order valence-corrected chi connectivity index (χ0v) is 16.8. The van der Waals surface area contributed by atoms with E-state index in [-0.39, 0.29) is 17.9 Å². The first-order valence-corrected chi connectivity index (χ1v) is 10.4. The maximum absolute atomic E-state index is 12.6. The van der Waals surface area contributed by atoms with Gasteiger partial charge in [0.15, 0.2) is 5.69 Å². The molecule has 0 bridgehead atoms. The third-order valence-electron chi connectivity index (χ3n) is 5.89. The van der Waals surface area contributed by atoms with Crippen LogP contribution in [0, 0.1) is 5.92 Å². The average molecular weight is 396 g/mol. The number of carbonyl (C=O) groups is 2. The largest absolute Gasteiger partial charge is 0.339 e. The van der Waals surface area contributed by atoms with Crippen LogP contribution in [0.1, 0.15) is 59.5 Å². The summed E-state index contributed by atoms with van der Waals surface area (Å²) in [6.07, 6.45) is 5.78. The van der Waals surface area contributed by atoms with Crippen molar-refractivity contribution in [1.29, 1.82) is 0 Å². The van der Waals surface area contributed by atoms with Crippen LogP contribution in [0.5, 0.6) is 0 Å². The number of hydrogen-bond donors (Lipinski definition) is 2. The molecule has 0 radical (unpaired) electrons. The van der Waals surface area contributed by atoms with Crippen molar-refractivity contribution >= 4 is 17.5 Å². The number of likely N-dealkylation sites (tertiary alicyclic amines) is 1. The summed E-state index contributed by atoms with van der Waals surface area (Å²) in [6.45, 7) is 5.75. The van der Waals surface area contributed by atoms with Gasteiger partial charge in [0.2, 0.25) is 0 Å². The Morgan fingerprint density at radius 3 is 2.45 bits per heavy atom. The highest BCUT2D eigenvalue weighted by atomic mass is 16.2. The van der Waals surface area contributed by atoms with Crippen molar-refractivity contribution in [3.63, 3.8) is 0 Å². The van der Waals surface area contributed by atoms with Gasteiger partial charge < -0.3 is 15.5 Å². The Bertz CT molecular complexity index is 848. The van der Waals surface area contributed by atoms with E-state index in [9.17, 15) is 9.59 Å². The maximum Gasteiger partial charge on any atom is 0.277 e. The van der Waals surface area contributed by atoms with E-state index >= 15 is 0 Å². The number of aromatic nitrogens is 3. The Balaban J connectivity index is 1.35. The Hall–Kier alpha value is -2.74. The number of amides is 2. The van der Waals surface area contributed by atoms with Gasteiger partial charge in [-0.3, -0.25) is 9.59 Å². The van der Waals surface area contributed by atoms with Gasteiger partial charge in [-0.1, -0.05) is 12.1 Å². The molecule has 2 aliphatic heterocycles. The van der Waals surface area contributed by atoms with Crippen LogP contribution in [0.25, 0.3) is 0 Å². The molecule has 0 spiro atoms. The van der Waals surface area contributed by atoms with Crippen molar-refractivity contribution < 1.29 is 9.59 Å². The molecule has 2 aromatic rings. The van der Waals surface area contributed by atoms with Crippen LogP contribution in [-0.4, -0.2) is 57.9 Å². The fourth-order valence-corrected chi connectivity index (χ4v) is 3.92. The van der Waals surface area contributed by atoms with Crippen LogP contribution < -0.4 is 10.6 Å². The molecule has 1 aromatic heterocycles. The van der Waals surface area contributed by atoms with E-state index in [0.717, 1.165) is 51.9 Å². The topological polar surface area (TPSA) is 92.2 Å². The molecule has 8 heteroatoms. The van der Waals surface area contributed by atoms with Gasteiger partial charge in [0.1, 0.15) is 0 Å². The molecule has 2 aliphatic rings. The summed E-state index contributed by atoms with van der Waals surface area (Å²) in [4.78, 5) is 27.0. The van der Waals surface area contributed by atoms with Gasteiger partial charge in [-0.25, -0.2) is 4.68 Å². The molecule has 2 saturated heterocycles. The van der Waals surface area contributed by atoms with E-state index in [1.54, 1.807) is 35.1 Å². The standard InChI is InChI=1S/C21H28N6O2/c1-15-8-12-26(13-9-15)21(29)16-2-4-17(5-3-16)23-20(28)19-14-27(25-24-19)18-6-10-22-11-7-18/h2-5,14-15,18,22H,6-13H2,1H3,(H,23,28). The summed E-state index contributed by atoms with van der Waals surface area (Å²) in [6, 6.07) is 7.33. The minimum atomic E-state index is -0.297. The van der Waals surface area contributed by atoms with Gasteiger partial charge in [-0.15, -0.1) is 5.10 Å². The number of piperidine rings is 2. The zero-order chi connectivity index (χ0) is 20.2. The SMILES string of the molecule is CC1CCN(C(=O)c2ccc(NC(=O)c3cn(C4CCNCC4)nn3)cc2)CC1. The predicted molar refractivity (Wildman–Crippen MR) is 110 cm³/mol. The normalized spacial score (nSPS) is 18.6.